The summed E-state index contributed by atoms with van der Waals surface area (Å²) in [7, 11) is 0. The summed E-state index contributed by atoms with van der Waals surface area (Å²) in [6.45, 7) is 1.82. The second-order valence-electron chi connectivity index (χ2n) is 8.08. The Hall–Kier alpha value is -3.35. The number of carbonyl (C=O) groups is 2. The van der Waals surface area contributed by atoms with Gasteiger partial charge in [-0.3, -0.25) is 9.59 Å². The number of nitrogens with two attached hydrogens (primary N) is 1. The molecule has 5 rings (SSSR count). The molecule has 3 aromatic rings. The van der Waals surface area contributed by atoms with Crippen molar-refractivity contribution in [3.8, 4) is 0 Å². The van der Waals surface area contributed by atoms with E-state index < -0.39 is 11.9 Å². The fraction of sp³-hybridized carbons (Fsp3) is 0.348. The second kappa shape index (κ2) is 7.48. The Morgan fingerprint density at radius 1 is 1.00 bits per heavy atom. The van der Waals surface area contributed by atoms with Gasteiger partial charge >= 0.3 is 0 Å². The number of benzene rings is 2. The Bertz CT molecular complexity index is 1070. The van der Waals surface area contributed by atoms with Crippen LogP contribution in [0.1, 0.15) is 24.0 Å². The Morgan fingerprint density at radius 3 is 2.43 bits per heavy atom. The molecule has 1 unspecified atom stereocenters. The summed E-state index contributed by atoms with van der Waals surface area (Å²) >= 11 is 0. The van der Waals surface area contributed by atoms with Crippen molar-refractivity contribution in [3.63, 3.8) is 0 Å². The van der Waals surface area contributed by atoms with Crippen LogP contribution in [0.4, 0.5) is 6.01 Å². The predicted molar refractivity (Wildman–Crippen MR) is 113 cm³/mol. The van der Waals surface area contributed by atoms with Gasteiger partial charge in [0.25, 0.3) is 6.01 Å². The van der Waals surface area contributed by atoms with E-state index in [1.165, 1.54) is 0 Å². The number of oxazole rings is 1. The van der Waals surface area contributed by atoms with Gasteiger partial charge in [-0.1, -0.05) is 36.4 Å². The van der Waals surface area contributed by atoms with Gasteiger partial charge in [0.15, 0.2) is 5.58 Å². The van der Waals surface area contributed by atoms with Gasteiger partial charge in [0.05, 0.1) is 0 Å². The first kappa shape index (κ1) is 18.7. The van der Waals surface area contributed by atoms with Crippen molar-refractivity contribution in [3.05, 3.63) is 59.7 Å². The maximum absolute atomic E-state index is 13.3. The molecule has 2 aliphatic rings. The number of carbonyl (C=O) groups excluding carboxylic acids is 2. The number of amides is 2. The third-order valence-corrected chi connectivity index (χ3v) is 6.26. The number of rotatable bonds is 3. The quantitative estimate of drug-likeness (QED) is 0.724. The molecule has 0 saturated carbocycles. The normalized spacial score (nSPS) is 19.7. The Kier molecular flexibility index (Phi) is 4.65. The van der Waals surface area contributed by atoms with Crippen LogP contribution in [0.5, 0.6) is 0 Å². The van der Waals surface area contributed by atoms with Crippen LogP contribution in [0.3, 0.4) is 0 Å². The minimum absolute atomic E-state index is 0.0190. The molecule has 1 fully saturated rings. The number of fused-ring (bicyclic) bond motifs is 2. The zero-order chi connectivity index (χ0) is 20.7. The zero-order valence-corrected chi connectivity index (χ0v) is 16.7. The molecular formula is C23H24N4O3. The summed E-state index contributed by atoms with van der Waals surface area (Å²) in [6.07, 6.45) is 1.88. The molecule has 2 aromatic carbocycles. The Morgan fingerprint density at radius 2 is 1.70 bits per heavy atom. The Balaban J connectivity index is 1.29. The number of nitrogens with zero attached hydrogens (tertiary/aromatic N) is 3. The van der Waals surface area contributed by atoms with Crippen LogP contribution < -0.4 is 10.6 Å². The monoisotopic (exact) mass is 404 g/mol. The van der Waals surface area contributed by atoms with E-state index in [9.17, 15) is 9.59 Å². The molecule has 154 valence electrons. The number of hydrogen-bond acceptors (Lipinski definition) is 5. The maximum atomic E-state index is 13.3. The molecule has 30 heavy (non-hydrogen) atoms. The predicted octanol–water partition coefficient (Wildman–Crippen LogP) is 2.48. The van der Waals surface area contributed by atoms with Gasteiger partial charge in [-0.2, -0.15) is 4.98 Å². The fourth-order valence-corrected chi connectivity index (χ4v) is 4.56. The number of aromatic nitrogens is 1. The van der Waals surface area contributed by atoms with Gasteiger partial charge in [-0.15, -0.1) is 0 Å². The zero-order valence-electron chi connectivity index (χ0n) is 16.7. The van der Waals surface area contributed by atoms with Crippen LogP contribution in [-0.2, 0) is 22.6 Å². The minimum atomic E-state index is -0.581. The molecule has 1 saturated heterocycles. The molecule has 1 atom stereocenters. The molecule has 2 amide bonds. The summed E-state index contributed by atoms with van der Waals surface area (Å²) in [5, 5.41) is 0. The molecule has 2 aliphatic heterocycles. The molecule has 0 bridgehead atoms. The first-order chi connectivity index (χ1) is 14.6. The minimum Gasteiger partial charge on any atom is -0.423 e. The molecular weight excluding hydrogens is 380 g/mol. The van der Waals surface area contributed by atoms with Crippen molar-refractivity contribution in [2.24, 2.45) is 11.7 Å². The van der Waals surface area contributed by atoms with Gasteiger partial charge in [0.1, 0.15) is 11.6 Å². The van der Waals surface area contributed by atoms with Crippen molar-refractivity contribution in [1.82, 2.24) is 9.88 Å². The van der Waals surface area contributed by atoms with E-state index in [4.69, 9.17) is 10.2 Å². The van der Waals surface area contributed by atoms with Crippen molar-refractivity contribution in [2.45, 2.75) is 31.8 Å². The van der Waals surface area contributed by atoms with E-state index in [-0.39, 0.29) is 11.8 Å². The van der Waals surface area contributed by atoms with Crippen molar-refractivity contribution >= 4 is 28.9 Å². The number of primary amides is 1. The summed E-state index contributed by atoms with van der Waals surface area (Å²) in [6, 6.07) is 15.7. The van der Waals surface area contributed by atoms with Crippen LogP contribution in [0.25, 0.3) is 11.1 Å². The largest absolute Gasteiger partial charge is 0.423 e. The summed E-state index contributed by atoms with van der Waals surface area (Å²) in [5.74, 6) is -0.551. The van der Waals surface area contributed by atoms with E-state index >= 15 is 0 Å². The third-order valence-electron chi connectivity index (χ3n) is 6.26. The highest BCUT2D eigenvalue weighted by molar-refractivity contribution is 5.88. The smallest absolute Gasteiger partial charge is 0.298 e. The first-order valence-electron chi connectivity index (χ1n) is 10.4. The van der Waals surface area contributed by atoms with Crippen molar-refractivity contribution in [2.75, 3.05) is 18.0 Å². The lowest BCUT2D eigenvalue weighted by atomic mass is 9.89. The van der Waals surface area contributed by atoms with E-state index in [0.29, 0.717) is 44.9 Å². The van der Waals surface area contributed by atoms with Crippen LogP contribution in [0.2, 0.25) is 0 Å². The summed E-state index contributed by atoms with van der Waals surface area (Å²) < 4.78 is 5.87. The van der Waals surface area contributed by atoms with Gasteiger partial charge in [0, 0.05) is 32.0 Å². The second-order valence-corrected chi connectivity index (χ2v) is 8.08. The highest BCUT2D eigenvalue weighted by atomic mass is 16.4. The summed E-state index contributed by atoms with van der Waals surface area (Å²) in [4.78, 5) is 33.7. The standard InChI is InChI=1S/C23H24N4O3/c24-21(28)19-13-16-5-1-2-6-17(16)14-27(19)22(29)15-9-11-26(12-10-15)23-25-18-7-3-4-8-20(18)30-23/h1-8,15,19H,9-14H2,(H2,24,28). The van der Waals surface area contributed by atoms with Crippen LogP contribution in [0.15, 0.2) is 52.9 Å². The highest BCUT2D eigenvalue weighted by Crippen LogP contribution is 2.30. The fourth-order valence-electron chi connectivity index (χ4n) is 4.56. The lowest BCUT2D eigenvalue weighted by Crippen LogP contribution is -2.53. The molecule has 3 heterocycles. The van der Waals surface area contributed by atoms with E-state index in [1.807, 2.05) is 48.5 Å². The molecule has 7 nitrogen and oxygen atoms in total. The topological polar surface area (TPSA) is 92.7 Å². The average Bonchev–Trinajstić information content (AvgIpc) is 3.22. The van der Waals surface area contributed by atoms with Crippen LogP contribution in [-0.4, -0.2) is 40.8 Å². The number of hydrogen-bond donors (Lipinski definition) is 1. The first-order valence-corrected chi connectivity index (χ1v) is 10.4. The van der Waals surface area contributed by atoms with Crippen molar-refractivity contribution in [1.29, 1.82) is 0 Å². The van der Waals surface area contributed by atoms with E-state index in [0.717, 1.165) is 22.2 Å². The Labute approximate surface area is 174 Å². The SMILES string of the molecule is NC(=O)C1Cc2ccccc2CN1C(=O)C1CCN(c2nc3ccccc3o2)CC1. The van der Waals surface area contributed by atoms with Gasteiger partial charge in [-0.05, 0) is 36.1 Å². The van der Waals surface area contributed by atoms with E-state index in [2.05, 4.69) is 9.88 Å². The number of anilines is 1. The molecule has 1 aromatic heterocycles. The molecule has 2 N–H and O–H groups in total. The van der Waals surface area contributed by atoms with Gasteiger partial charge in [-0.25, -0.2) is 0 Å². The summed E-state index contributed by atoms with van der Waals surface area (Å²) in [5.41, 5.74) is 9.44. The maximum Gasteiger partial charge on any atom is 0.298 e. The van der Waals surface area contributed by atoms with E-state index in [1.54, 1.807) is 4.90 Å². The average molecular weight is 404 g/mol. The molecule has 0 aliphatic carbocycles. The molecule has 7 heteroatoms. The number of para-hydroxylation sites is 2. The van der Waals surface area contributed by atoms with Gasteiger partial charge < -0.3 is 20.0 Å². The van der Waals surface area contributed by atoms with Crippen LogP contribution in [0, 0.1) is 5.92 Å². The van der Waals surface area contributed by atoms with Gasteiger partial charge in [0.2, 0.25) is 11.8 Å². The number of piperidine rings is 1. The lowest BCUT2D eigenvalue weighted by Gasteiger charge is -2.39. The third kappa shape index (κ3) is 3.30. The molecule has 0 radical (unpaired) electrons. The molecule has 0 spiro atoms. The highest BCUT2D eigenvalue weighted by Gasteiger charge is 2.37. The van der Waals surface area contributed by atoms with Crippen molar-refractivity contribution < 1.29 is 14.0 Å². The van der Waals surface area contributed by atoms with Crippen LogP contribution >= 0.6 is 0 Å². The lowest BCUT2D eigenvalue weighted by molar-refractivity contribution is -0.144.